The molecule has 2 fully saturated rings. The Morgan fingerprint density at radius 1 is 1.29 bits per heavy atom. The van der Waals surface area contributed by atoms with Gasteiger partial charge in [-0.25, -0.2) is 0 Å². The van der Waals surface area contributed by atoms with E-state index in [2.05, 4.69) is 15.1 Å². The second-order valence-electron chi connectivity index (χ2n) is 5.86. The number of hydrogen-bond donors (Lipinski definition) is 1. The molecule has 1 heterocycles. The minimum absolute atomic E-state index is 0.159. The minimum atomic E-state index is -0.319. The van der Waals surface area contributed by atoms with Crippen molar-refractivity contribution in [3.63, 3.8) is 0 Å². The normalized spacial score (nSPS) is 20.4. The molecule has 1 aromatic carbocycles. The van der Waals surface area contributed by atoms with Crippen LogP contribution in [0.2, 0.25) is 0 Å². The van der Waals surface area contributed by atoms with Gasteiger partial charge in [-0.3, -0.25) is 19.9 Å². The molecule has 1 aliphatic heterocycles. The van der Waals surface area contributed by atoms with Crippen LogP contribution in [0.3, 0.4) is 0 Å². The molecule has 3 rings (SSSR count). The Morgan fingerprint density at radius 3 is 2.57 bits per heavy atom. The third kappa shape index (κ3) is 3.16. The minimum Gasteiger partial charge on any atom is -0.382 e. The number of nitro benzene ring substituents is 1. The summed E-state index contributed by atoms with van der Waals surface area (Å²) in [5.41, 5.74) is 1.81. The highest BCUT2D eigenvalue weighted by atomic mass is 16.6. The van der Waals surface area contributed by atoms with E-state index in [1.165, 1.54) is 12.8 Å². The summed E-state index contributed by atoms with van der Waals surface area (Å²) in [6, 6.07) is 6.14. The van der Waals surface area contributed by atoms with Gasteiger partial charge in [-0.15, -0.1) is 0 Å². The molecule has 21 heavy (non-hydrogen) atoms. The summed E-state index contributed by atoms with van der Waals surface area (Å²) in [6.45, 7) is 5.10. The third-order valence-electron chi connectivity index (χ3n) is 4.44. The molecule has 114 valence electrons. The van der Waals surface area contributed by atoms with Gasteiger partial charge in [0.25, 0.3) is 5.69 Å². The Labute approximate surface area is 124 Å². The maximum atomic E-state index is 11.1. The molecule has 0 amide bonds. The molecule has 0 spiro atoms. The van der Waals surface area contributed by atoms with Crippen LogP contribution in [0.15, 0.2) is 18.2 Å². The van der Waals surface area contributed by atoms with E-state index in [4.69, 9.17) is 0 Å². The summed E-state index contributed by atoms with van der Waals surface area (Å²) < 4.78 is 0. The average molecular weight is 290 g/mol. The van der Waals surface area contributed by atoms with Gasteiger partial charge in [-0.1, -0.05) is 12.1 Å². The van der Waals surface area contributed by atoms with Gasteiger partial charge < -0.3 is 5.32 Å². The van der Waals surface area contributed by atoms with Gasteiger partial charge in [0.2, 0.25) is 0 Å². The van der Waals surface area contributed by atoms with E-state index in [9.17, 15) is 10.1 Å². The Bertz CT molecular complexity index is 522. The lowest BCUT2D eigenvalue weighted by molar-refractivity contribution is -0.384. The zero-order valence-corrected chi connectivity index (χ0v) is 12.4. The molecule has 1 saturated heterocycles. The molecule has 2 aliphatic rings. The van der Waals surface area contributed by atoms with Crippen LogP contribution in [0, 0.1) is 10.1 Å². The fraction of sp³-hybridized carbons (Fsp3) is 0.600. The number of nitrogens with one attached hydrogen (secondary N) is 1. The van der Waals surface area contributed by atoms with E-state index < -0.39 is 0 Å². The summed E-state index contributed by atoms with van der Waals surface area (Å²) in [7, 11) is 1.75. The van der Waals surface area contributed by atoms with Crippen molar-refractivity contribution in [2.45, 2.75) is 25.4 Å². The monoisotopic (exact) mass is 290 g/mol. The van der Waals surface area contributed by atoms with Crippen LogP contribution >= 0.6 is 0 Å². The standard InChI is InChI=1S/C15H22N4O2/c1-16-15-12(3-2-4-14(15)19(20)21)11-17-7-9-18(10-8-17)13-5-6-13/h2-4,13,16H,5-11H2,1H3. The number of piperazine rings is 1. The summed E-state index contributed by atoms with van der Waals surface area (Å²) >= 11 is 0. The lowest BCUT2D eigenvalue weighted by atomic mass is 10.1. The smallest absolute Gasteiger partial charge is 0.292 e. The molecule has 1 N–H and O–H groups in total. The second-order valence-corrected chi connectivity index (χ2v) is 5.86. The third-order valence-corrected chi connectivity index (χ3v) is 4.44. The van der Waals surface area contributed by atoms with Gasteiger partial charge in [-0.05, 0) is 18.4 Å². The summed E-state index contributed by atoms with van der Waals surface area (Å²) in [4.78, 5) is 15.7. The van der Waals surface area contributed by atoms with Crippen molar-refractivity contribution in [3.8, 4) is 0 Å². The number of hydrogen-bond acceptors (Lipinski definition) is 5. The summed E-state index contributed by atoms with van der Waals surface area (Å²) in [5, 5.41) is 14.1. The number of rotatable bonds is 5. The van der Waals surface area contributed by atoms with Crippen molar-refractivity contribution in [2.24, 2.45) is 0 Å². The molecule has 1 aliphatic carbocycles. The second kappa shape index (κ2) is 5.99. The van der Waals surface area contributed by atoms with Gasteiger partial charge in [0, 0.05) is 51.9 Å². The zero-order valence-electron chi connectivity index (χ0n) is 12.4. The van der Waals surface area contributed by atoms with Gasteiger partial charge in [0.05, 0.1) is 4.92 Å². The maximum Gasteiger partial charge on any atom is 0.292 e. The van der Waals surface area contributed by atoms with Crippen LogP contribution in [-0.2, 0) is 6.54 Å². The molecule has 6 heteroatoms. The van der Waals surface area contributed by atoms with Crippen LogP contribution in [0.5, 0.6) is 0 Å². The fourth-order valence-electron chi connectivity index (χ4n) is 3.13. The Kier molecular flexibility index (Phi) is 4.07. The largest absolute Gasteiger partial charge is 0.382 e. The highest BCUT2D eigenvalue weighted by Crippen LogP contribution is 2.30. The first-order valence-electron chi connectivity index (χ1n) is 7.59. The van der Waals surface area contributed by atoms with Gasteiger partial charge >= 0.3 is 0 Å². The van der Waals surface area contributed by atoms with E-state index >= 15 is 0 Å². The molecule has 6 nitrogen and oxygen atoms in total. The zero-order chi connectivity index (χ0) is 14.8. The highest BCUT2D eigenvalue weighted by Gasteiger charge is 2.31. The Morgan fingerprint density at radius 2 is 2.00 bits per heavy atom. The van der Waals surface area contributed by atoms with Crippen molar-refractivity contribution in [1.29, 1.82) is 0 Å². The van der Waals surface area contributed by atoms with E-state index in [1.54, 1.807) is 19.2 Å². The molecule has 1 aromatic rings. The topological polar surface area (TPSA) is 61.6 Å². The van der Waals surface area contributed by atoms with Gasteiger partial charge in [-0.2, -0.15) is 0 Å². The molecule has 0 unspecified atom stereocenters. The van der Waals surface area contributed by atoms with Crippen LogP contribution < -0.4 is 5.32 Å². The van der Waals surface area contributed by atoms with E-state index in [1.807, 2.05) is 6.07 Å². The molecule has 0 atom stereocenters. The number of anilines is 1. The van der Waals surface area contributed by atoms with Crippen LogP contribution in [0.4, 0.5) is 11.4 Å². The number of nitro groups is 1. The molecule has 0 aromatic heterocycles. The predicted molar refractivity (Wildman–Crippen MR) is 82.5 cm³/mol. The van der Waals surface area contributed by atoms with Crippen LogP contribution in [-0.4, -0.2) is 54.0 Å². The average Bonchev–Trinajstić information content (AvgIpc) is 3.32. The van der Waals surface area contributed by atoms with Crippen molar-refractivity contribution < 1.29 is 4.92 Å². The Balaban J connectivity index is 1.67. The van der Waals surface area contributed by atoms with Crippen LogP contribution in [0.25, 0.3) is 0 Å². The van der Waals surface area contributed by atoms with Gasteiger partial charge in [0.1, 0.15) is 5.69 Å². The molecular formula is C15H22N4O2. The molecular weight excluding hydrogens is 268 g/mol. The van der Waals surface area contributed by atoms with Crippen molar-refractivity contribution in [2.75, 3.05) is 38.5 Å². The van der Waals surface area contributed by atoms with E-state index in [0.717, 1.165) is 44.3 Å². The first kappa shape index (κ1) is 14.3. The predicted octanol–water partition coefficient (Wildman–Crippen LogP) is 1.92. The summed E-state index contributed by atoms with van der Waals surface area (Å²) in [5.74, 6) is 0. The SMILES string of the molecule is CNc1c(CN2CCN(C3CC3)CC2)cccc1[N+](=O)[O-]. The van der Waals surface area contributed by atoms with E-state index in [-0.39, 0.29) is 10.6 Å². The molecule has 0 radical (unpaired) electrons. The van der Waals surface area contributed by atoms with Crippen LogP contribution in [0.1, 0.15) is 18.4 Å². The number of nitrogens with zero attached hydrogens (tertiary/aromatic N) is 3. The highest BCUT2D eigenvalue weighted by molar-refractivity contribution is 5.66. The van der Waals surface area contributed by atoms with Gasteiger partial charge in [0.15, 0.2) is 0 Å². The Hall–Kier alpha value is -1.66. The first-order valence-corrected chi connectivity index (χ1v) is 7.59. The molecule has 0 bridgehead atoms. The number of para-hydroxylation sites is 1. The maximum absolute atomic E-state index is 11.1. The van der Waals surface area contributed by atoms with Crippen molar-refractivity contribution in [1.82, 2.24) is 9.80 Å². The lowest BCUT2D eigenvalue weighted by Gasteiger charge is -2.35. The van der Waals surface area contributed by atoms with Crippen molar-refractivity contribution in [3.05, 3.63) is 33.9 Å². The quantitative estimate of drug-likeness (QED) is 0.663. The lowest BCUT2D eigenvalue weighted by Crippen LogP contribution is -2.46. The molecule has 1 saturated carbocycles. The fourth-order valence-corrected chi connectivity index (χ4v) is 3.13. The number of benzene rings is 1. The van der Waals surface area contributed by atoms with E-state index in [0.29, 0.717) is 5.69 Å². The van der Waals surface area contributed by atoms with Crippen molar-refractivity contribution >= 4 is 11.4 Å². The summed E-state index contributed by atoms with van der Waals surface area (Å²) in [6.07, 6.45) is 2.71. The first-order chi connectivity index (χ1) is 10.2.